The molecule has 1 aliphatic rings. The highest BCUT2D eigenvalue weighted by Crippen LogP contribution is 2.20. The van der Waals surface area contributed by atoms with E-state index in [0.29, 0.717) is 19.8 Å². The first-order chi connectivity index (χ1) is 8.31. The first-order valence-corrected chi connectivity index (χ1v) is 5.83. The molecule has 2 rings (SSSR count). The predicted molar refractivity (Wildman–Crippen MR) is 62.4 cm³/mol. The summed E-state index contributed by atoms with van der Waals surface area (Å²) in [6, 6.07) is 9.77. The van der Waals surface area contributed by atoms with Crippen LogP contribution in [0.4, 0.5) is 0 Å². The Morgan fingerprint density at radius 3 is 2.65 bits per heavy atom. The lowest BCUT2D eigenvalue weighted by molar-refractivity contribution is -0.0555. The number of hydrogen-bond acceptors (Lipinski definition) is 4. The molecule has 0 aromatic heterocycles. The number of rotatable bonds is 5. The van der Waals surface area contributed by atoms with Crippen LogP contribution in [-0.4, -0.2) is 42.2 Å². The zero-order valence-corrected chi connectivity index (χ0v) is 9.66. The van der Waals surface area contributed by atoms with Crippen LogP contribution in [0.15, 0.2) is 30.3 Å². The van der Waals surface area contributed by atoms with Gasteiger partial charge in [-0.1, -0.05) is 30.3 Å². The van der Waals surface area contributed by atoms with Gasteiger partial charge in [-0.05, 0) is 5.56 Å². The molecular formula is C13H18O4. The number of aliphatic hydroxyl groups is 2. The minimum absolute atomic E-state index is 0.0993. The van der Waals surface area contributed by atoms with Gasteiger partial charge in [-0.25, -0.2) is 0 Å². The zero-order valence-electron chi connectivity index (χ0n) is 9.66. The molecule has 1 saturated heterocycles. The van der Waals surface area contributed by atoms with Gasteiger partial charge in [0.25, 0.3) is 0 Å². The van der Waals surface area contributed by atoms with Crippen LogP contribution in [0, 0.1) is 5.92 Å². The lowest BCUT2D eigenvalue weighted by Crippen LogP contribution is -2.35. The minimum Gasteiger partial charge on any atom is -0.394 e. The number of ether oxygens (including phenoxy) is 2. The van der Waals surface area contributed by atoms with E-state index in [1.807, 2.05) is 30.3 Å². The molecule has 3 atom stereocenters. The van der Waals surface area contributed by atoms with Gasteiger partial charge < -0.3 is 19.7 Å². The predicted octanol–water partition coefficient (Wildman–Crippen LogP) is 0.571. The molecule has 4 nitrogen and oxygen atoms in total. The number of hydrogen-bond donors (Lipinski definition) is 2. The van der Waals surface area contributed by atoms with E-state index in [1.54, 1.807) is 0 Å². The Hall–Kier alpha value is -0.940. The van der Waals surface area contributed by atoms with Crippen molar-refractivity contribution in [2.45, 2.75) is 18.8 Å². The maximum absolute atomic E-state index is 9.67. The standard InChI is InChI=1S/C13H18O4/c14-6-13(11-8-16-9-12(11)15)17-7-10-4-2-1-3-5-10/h1-5,11-15H,6-9H2. The van der Waals surface area contributed by atoms with Crippen LogP contribution in [0.25, 0.3) is 0 Å². The van der Waals surface area contributed by atoms with Crippen LogP contribution in [-0.2, 0) is 16.1 Å². The molecular weight excluding hydrogens is 220 g/mol. The van der Waals surface area contributed by atoms with E-state index in [1.165, 1.54) is 0 Å². The van der Waals surface area contributed by atoms with Crippen molar-refractivity contribution in [1.82, 2.24) is 0 Å². The molecule has 2 N–H and O–H groups in total. The molecule has 1 aromatic rings. The summed E-state index contributed by atoms with van der Waals surface area (Å²) in [7, 11) is 0. The third kappa shape index (κ3) is 3.26. The Morgan fingerprint density at radius 2 is 2.06 bits per heavy atom. The Balaban J connectivity index is 1.87. The molecule has 17 heavy (non-hydrogen) atoms. The average Bonchev–Trinajstić information content (AvgIpc) is 2.78. The highest BCUT2D eigenvalue weighted by molar-refractivity contribution is 5.13. The molecule has 1 fully saturated rings. The summed E-state index contributed by atoms with van der Waals surface area (Å²) >= 11 is 0. The van der Waals surface area contributed by atoms with E-state index >= 15 is 0 Å². The molecule has 0 saturated carbocycles. The maximum atomic E-state index is 9.67. The van der Waals surface area contributed by atoms with E-state index in [-0.39, 0.29) is 18.6 Å². The van der Waals surface area contributed by atoms with Crippen molar-refractivity contribution in [2.75, 3.05) is 19.8 Å². The van der Waals surface area contributed by atoms with Crippen LogP contribution in [0.2, 0.25) is 0 Å². The van der Waals surface area contributed by atoms with Crippen molar-refractivity contribution in [3.8, 4) is 0 Å². The molecule has 4 heteroatoms. The summed E-state index contributed by atoms with van der Waals surface area (Å²) in [4.78, 5) is 0. The summed E-state index contributed by atoms with van der Waals surface area (Å²) in [5, 5.41) is 19.0. The van der Waals surface area contributed by atoms with Gasteiger partial charge in [0.2, 0.25) is 0 Å². The lowest BCUT2D eigenvalue weighted by atomic mass is 9.99. The largest absolute Gasteiger partial charge is 0.394 e. The smallest absolute Gasteiger partial charge is 0.0886 e. The molecule has 1 aliphatic heterocycles. The molecule has 3 unspecified atom stereocenters. The van der Waals surface area contributed by atoms with Crippen LogP contribution in [0.3, 0.4) is 0 Å². The van der Waals surface area contributed by atoms with E-state index in [2.05, 4.69) is 0 Å². The molecule has 1 aromatic carbocycles. The van der Waals surface area contributed by atoms with Crippen LogP contribution in [0.5, 0.6) is 0 Å². The quantitative estimate of drug-likeness (QED) is 0.787. The van der Waals surface area contributed by atoms with Crippen LogP contribution in [0.1, 0.15) is 5.56 Å². The lowest BCUT2D eigenvalue weighted by Gasteiger charge is -2.23. The molecule has 0 spiro atoms. The molecule has 0 aliphatic carbocycles. The van der Waals surface area contributed by atoms with Crippen molar-refractivity contribution in [1.29, 1.82) is 0 Å². The fraction of sp³-hybridized carbons (Fsp3) is 0.538. The van der Waals surface area contributed by atoms with E-state index < -0.39 is 6.10 Å². The summed E-state index contributed by atoms with van der Waals surface area (Å²) in [5.74, 6) is -0.135. The first-order valence-electron chi connectivity index (χ1n) is 5.83. The maximum Gasteiger partial charge on any atom is 0.0886 e. The van der Waals surface area contributed by atoms with Crippen molar-refractivity contribution in [3.63, 3.8) is 0 Å². The second kappa shape index (κ2) is 6.12. The molecule has 0 amide bonds. The third-order valence-electron chi connectivity index (χ3n) is 3.06. The van der Waals surface area contributed by atoms with E-state index in [9.17, 15) is 10.2 Å². The molecule has 0 radical (unpaired) electrons. The van der Waals surface area contributed by atoms with E-state index in [0.717, 1.165) is 5.56 Å². The van der Waals surface area contributed by atoms with Gasteiger partial charge in [0.1, 0.15) is 0 Å². The van der Waals surface area contributed by atoms with Crippen molar-refractivity contribution in [3.05, 3.63) is 35.9 Å². The average molecular weight is 238 g/mol. The monoisotopic (exact) mass is 238 g/mol. The van der Waals surface area contributed by atoms with Crippen molar-refractivity contribution in [2.24, 2.45) is 5.92 Å². The third-order valence-corrected chi connectivity index (χ3v) is 3.06. The van der Waals surface area contributed by atoms with Crippen LogP contribution < -0.4 is 0 Å². The topological polar surface area (TPSA) is 58.9 Å². The normalized spacial score (nSPS) is 26.0. The van der Waals surface area contributed by atoms with Gasteiger partial charge in [-0.15, -0.1) is 0 Å². The second-order valence-corrected chi connectivity index (χ2v) is 4.29. The Labute approximate surface area is 101 Å². The summed E-state index contributed by atoms with van der Waals surface area (Å²) in [6.45, 7) is 1.12. The molecule has 94 valence electrons. The highest BCUT2D eigenvalue weighted by Gasteiger charge is 2.33. The van der Waals surface area contributed by atoms with Gasteiger partial charge in [-0.3, -0.25) is 0 Å². The first kappa shape index (κ1) is 12.5. The van der Waals surface area contributed by atoms with Gasteiger partial charge >= 0.3 is 0 Å². The zero-order chi connectivity index (χ0) is 12.1. The van der Waals surface area contributed by atoms with Gasteiger partial charge in [0, 0.05) is 5.92 Å². The fourth-order valence-corrected chi connectivity index (χ4v) is 2.00. The van der Waals surface area contributed by atoms with Crippen molar-refractivity contribution < 1.29 is 19.7 Å². The molecule has 1 heterocycles. The SMILES string of the molecule is OCC(OCc1ccccc1)C1COCC1O. The van der Waals surface area contributed by atoms with Gasteiger partial charge in [-0.2, -0.15) is 0 Å². The Morgan fingerprint density at radius 1 is 1.29 bits per heavy atom. The van der Waals surface area contributed by atoms with Gasteiger partial charge in [0.05, 0.1) is 38.6 Å². The van der Waals surface area contributed by atoms with Crippen LogP contribution >= 0.6 is 0 Å². The van der Waals surface area contributed by atoms with Crippen molar-refractivity contribution >= 4 is 0 Å². The Kier molecular flexibility index (Phi) is 4.50. The summed E-state index contributed by atoms with van der Waals surface area (Å²) < 4.78 is 10.8. The summed E-state index contributed by atoms with van der Waals surface area (Å²) in [6.07, 6.45) is -0.907. The fourth-order valence-electron chi connectivity index (χ4n) is 2.00. The van der Waals surface area contributed by atoms with E-state index in [4.69, 9.17) is 9.47 Å². The Bertz CT molecular complexity index is 327. The number of benzene rings is 1. The number of aliphatic hydroxyl groups excluding tert-OH is 2. The summed E-state index contributed by atoms with van der Waals surface area (Å²) in [5.41, 5.74) is 1.05. The molecule has 0 bridgehead atoms. The minimum atomic E-state index is -0.539. The second-order valence-electron chi connectivity index (χ2n) is 4.29. The highest BCUT2D eigenvalue weighted by atomic mass is 16.5. The van der Waals surface area contributed by atoms with Gasteiger partial charge in [0.15, 0.2) is 0 Å².